The molecule has 0 atom stereocenters. The zero-order chi connectivity index (χ0) is 16.3. The first-order chi connectivity index (χ1) is 10.4. The number of aryl methyl sites for hydroxylation is 1. The second kappa shape index (κ2) is 6.13. The van der Waals surface area contributed by atoms with Crippen LogP contribution in [0.15, 0.2) is 29.1 Å². The summed E-state index contributed by atoms with van der Waals surface area (Å²) in [7, 11) is 1.37. The molecule has 22 heavy (non-hydrogen) atoms. The largest absolute Gasteiger partial charge is 0.468 e. The van der Waals surface area contributed by atoms with E-state index in [9.17, 15) is 9.59 Å². The summed E-state index contributed by atoms with van der Waals surface area (Å²) in [6.07, 6.45) is 4.29. The molecule has 1 aromatic heterocycles. The van der Waals surface area contributed by atoms with Crippen molar-refractivity contribution in [3.8, 4) is 0 Å². The normalized spacial score (nSPS) is 12.0. The highest BCUT2D eigenvalue weighted by atomic mass is 16.5. The molecule has 0 amide bonds. The monoisotopic (exact) mass is 300 g/mol. The fourth-order valence-electron chi connectivity index (χ4n) is 2.11. The van der Waals surface area contributed by atoms with Gasteiger partial charge in [0.05, 0.1) is 23.4 Å². The molecular weight excluding hydrogens is 280 g/mol. The molecule has 0 bridgehead atoms. The van der Waals surface area contributed by atoms with E-state index in [1.165, 1.54) is 7.11 Å². The Morgan fingerprint density at radius 2 is 2.14 bits per heavy atom. The highest BCUT2D eigenvalue weighted by molar-refractivity contribution is 5.82. The summed E-state index contributed by atoms with van der Waals surface area (Å²) < 4.78 is 4.77. The van der Waals surface area contributed by atoms with Crippen molar-refractivity contribution in [2.24, 2.45) is 5.41 Å². The van der Waals surface area contributed by atoms with E-state index < -0.39 is 5.41 Å². The molecule has 5 nitrogen and oxygen atoms in total. The third-order valence-corrected chi connectivity index (χ3v) is 3.52. The Labute approximate surface area is 129 Å². The van der Waals surface area contributed by atoms with Gasteiger partial charge >= 0.3 is 5.97 Å². The van der Waals surface area contributed by atoms with Crippen LogP contribution in [0.5, 0.6) is 0 Å². The minimum absolute atomic E-state index is 0.132. The Kier molecular flexibility index (Phi) is 4.45. The van der Waals surface area contributed by atoms with Gasteiger partial charge in [0, 0.05) is 6.42 Å². The lowest BCUT2D eigenvalue weighted by Gasteiger charge is -2.16. The van der Waals surface area contributed by atoms with Crippen molar-refractivity contribution in [1.29, 1.82) is 0 Å². The molecule has 0 radical (unpaired) electrons. The molecule has 2 aromatic rings. The lowest BCUT2D eigenvalue weighted by Crippen LogP contribution is -2.22. The van der Waals surface area contributed by atoms with Crippen LogP contribution >= 0.6 is 0 Å². The zero-order valence-corrected chi connectivity index (χ0v) is 13.3. The predicted octanol–water partition coefficient (Wildman–Crippen LogP) is 2.70. The van der Waals surface area contributed by atoms with Crippen LogP contribution in [0.1, 0.15) is 32.2 Å². The first-order valence-corrected chi connectivity index (χ1v) is 7.18. The number of benzene rings is 1. The number of esters is 1. The number of nitrogens with zero attached hydrogens (tertiary/aromatic N) is 1. The van der Waals surface area contributed by atoms with E-state index in [1.54, 1.807) is 26.0 Å². The molecular formula is C17H20N2O3. The Hall–Kier alpha value is -2.43. The Morgan fingerprint density at radius 1 is 1.41 bits per heavy atom. The van der Waals surface area contributed by atoms with Crippen molar-refractivity contribution in [3.63, 3.8) is 0 Å². The topological polar surface area (TPSA) is 72.0 Å². The number of carbonyl (C=O) groups excluding carboxylic acids is 1. The quantitative estimate of drug-likeness (QED) is 0.881. The summed E-state index contributed by atoms with van der Waals surface area (Å²) in [6, 6.07) is 5.41. The Bertz CT molecular complexity index is 788. The summed E-state index contributed by atoms with van der Waals surface area (Å²) in [6.45, 7) is 5.51. The first-order valence-electron chi connectivity index (χ1n) is 7.18. The molecule has 1 N–H and O–H groups in total. The number of methoxy groups -OCH3 is 1. The van der Waals surface area contributed by atoms with E-state index in [-0.39, 0.29) is 11.5 Å². The molecule has 5 heteroatoms. The number of carbonyl (C=O) groups is 1. The standard InChI is InChI=1S/C17H20N2O3/c1-5-14-18-13-10-11(6-7-12(13)15(20)19-14)8-9-17(2,3)16(21)22-4/h6-10H,5H2,1-4H3,(H,18,19,20)/b9-8+. The summed E-state index contributed by atoms with van der Waals surface area (Å²) in [5.74, 6) is 0.362. The summed E-state index contributed by atoms with van der Waals surface area (Å²) in [4.78, 5) is 30.8. The lowest BCUT2D eigenvalue weighted by atomic mass is 9.92. The molecule has 0 spiro atoms. The van der Waals surface area contributed by atoms with Gasteiger partial charge in [0.1, 0.15) is 5.82 Å². The number of aromatic nitrogens is 2. The number of ether oxygens (including phenoxy) is 1. The number of hydrogen-bond acceptors (Lipinski definition) is 4. The maximum atomic E-state index is 11.9. The van der Waals surface area contributed by atoms with E-state index in [1.807, 2.05) is 25.1 Å². The maximum absolute atomic E-state index is 11.9. The average Bonchev–Trinajstić information content (AvgIpc) is 2.51. The smallest absolute Gasteiger partial charge is 0.315 e. The van der Waals surface area contributed by atoms with Crippen molar-refractivity contribution in [2.45, 2.75) is 27.2 Å². The van der Waals surface area contributed by atoms with Crippen molar-refractivity contribution in [2.75, 3.05) is 7.11 Å². The van der Waals surface area contributed by atoms with Gasteiger partial charge in [-0.3, -0.25) is 9.59 Å². The molecule has 0 aliphatic carbocycles. The van der Waals surface area contributed by atoms with E-state index in [0.717, 1.165) is 5.56 Å². The van der Waals surface area contributed by atoms with Crippen molar-refractivity contribution < 1.29 is 9.53 Å². The predicted molar refractivity (Wildman–Crippen MR) is 86.6 cm³/mol. The van der Waals surface area contributed by atoms with Gasteiger partial charge < -0.3 is 9.72 Å². The fraction of sp³-hybridized carbons (Fsp3) is 0.353. The number of H-pyrrole nitrogens is 1. The zero-order valence-electron chi connectivity index (χ0n) is 13.3. The van der Waals surface area contributed by atoms with Crippen LogP contribution in [0.4, 0.5) is 0 Å². The molecule has 0 unspecified atom stereocenters. The number of aromatic amines is 1. The van der Waals surface area contributed by atoms with Gasteiger partial charge in [-0.15, -0.1) is 0 Å². The summed E-state index contributed by atoms with van der Waals surface area (Å²) in [5, 5.41) is 0.557. The average molecular weight is 300 g/mol. The number of nitrogens with one attached hydrogen (secondary N) is 1. The maximum Gasteiger partial charge on any atom is 0.315 e. The van der Waals surface area contributed by atoms with Crippen LogP contribution in [0.2, 0.25) is 0 Å². The highest BCUT2D eigenvalue weighted by Crippen LogP contribution is 2.21. The van der Waals surface area contributed by atoms with Crippen LogP contribution in [0, 0.1) is 5.41 Å². The number of hydrogen-bond donors (Lipinski definition) is 1. The van der Waals surface area contributed by atoms with Crippen LogP contribution < -0.4 is 5.56 Å². The van der Waals surface area contributed by atoms with Crippen molar-refractivity contribution in [1.82, 2.24) is 9.97 Å². The second-order valence-electron chi connectivity index (χ2n) is 5.69. The molecule has 1 aromatic carbocycles. The van der Waals surface area contributed by atoms with E-state index in [2.05, 4.69) is 9.97 Å². The third-order valence-electron chi connectivity index (χ3n) is 3.52. The molecule has 0 fully saturated rings. The lowest BCUT2D eigenvalue weighted by molar-refractivity contribution is -0.148. The summed E-state index contributed by atoms with van der Waals surface area (Å²) in [5.41, 5.74) is 0.690. The SMILES string of the molecule is CCc1nc2cc(/C=C/C(C)(C)C(=O)OC)ccc2c(=O)[nH]1. The van der Waals surface area contributed by atoms with Crippen LogP contribution in [0.25, 0.3) is 17.0 Å². The molecule has 2 rings (SSSR count). The number of rotatable bonds is 4. The van der Waals surface area contributed by atoms with Gasteiger partial charge in [-0.25, -0.2) is 4.98 Å². The first kappa shape index (κ1) is 15.9. The Balaban J connectivity index is 2.41. The third kappa shape index (κ3) is 3.24. The van der Waals surface area contributed by atoms with Gasteiger partial charge in [-0.05, 0) is 31.5 Å². The van der Waals surface area contributed by atoms with Gasteiger partial charge in [-0.1, -0.05) is 25.1 Å². The molecule has 0 aliphatic rings. The van der Waals surface area contributed by atoms with Gasteiger partial charge in [-0.2, -0.15) is 0 Å². The molecule has 116 valence electrons. The number of fused-ring (bicyclic) bond motifs is 1. The fourth-order valence-corrected chi connectivity index (χ4v) is 2.11. The van der Waals surface area contributed by atoms with Crippen molar-refractivity contribution >= 4 is 22.9 Å². The molecule has 0 aliphatic heterocycles. The van der Waals surface area contributed by atoms with Gasteiger partial charge in [0.2, 0.25) is 0 Å². The molecule has 0 saturated carbocycles. The van der Waals surface area contributed by atoms with Crippen LogP contribution in [-0.2, 0) is 16.0 Å². The van der Waals surface area contributed by atoms with Gasteiger partial charge in [0.25, 0.3) is 5.56 Å². The molecule has 0 saturated heterocycles. The van der Waals surface area contributed by atoms with Crippen molar-refractivity contribution in [3.05, 3.63) is 46.0 Å². The van der Waals surface area contributed by atoms with E-state index in [0.29, 0.717) is 23.1 Å². The minimum atomic E-state index is -0.708. The van der Waals surface area contributed by atoms with Crippen LogP contribution in [0.3, 0.4) is 0 Å². The van der Waals surface area contributed by atoms with E-state index in [4.69, 9.17) is 4.74 Å². The van der Waals surface area contributed by atoms with E-state index >= 15 is 0 Å². The Morgan fingerprint density at radius 3 is 2.77 bits per heavy atom. The second-order valence-corrected chi connectivity index (χ2v) is 5.69. The highest BCUT2D eigenvalue weighted by Gasteiger charge is 2.24. The van der Waals surface area contributed by atoms with Crippen LogP contribution in [-0.4, -0.2) is 23.0 Å². The van der Waals surface area contributed by atoms with Gasteiger partial charge in [0.15, 0.2) is 0 Å². The molecule has 1 heterocycles. The summed E-state index contributed by atoms with van der Waals surface area (Å²) >= 11 is 0. The minimum Gasteiger partial charge on any atom is -0.468 e.